The molecule has 3 atom stereocenters. The number of nitrogens with one attached hydrogen (secondary N) is 1. The summed E-state index contributed by atoms with van der Waals surface area (Å²) >= 11 is 0. The standard InChI is InChI=1S/C27H29N3O4/c1-2-34-21-14-12-18(13-15-21)24-11-6-16-29(24)26(32)19-7-5-8-20(17-19)30-27(33)23-10-4-3-9-22(23)25(31)28-30/h3-5,7-8,12-15,17,22-24H,2,6,9-11,16H2,1H3,(H,28,31). The number of hydrogen-bond acceptors (Lipinski definition) is 4. The highest BCUT2D eigenvalue weighted by Gasteiger charge is 2.42. The van der Waals surface area contributed by atoms with E-state index in [-0.39, 0.29) is 35.6 Å². The second-order valence-corrected chi connectivity index (χ2v) is 9.01. The summed E-state index contributed by atoms with van der Waals surface area (Å²) in [5.41, 5.74) is 4.84. The molecule has 2 saturated heterocycles. The van der Waals surface area contributed by atoms with Gasteiger partial charge in [-0.3, -0.25) is 19.8 Å². The molecule has 0 saturated carbocycles. The molecule has 0 bridgehead atoms. The number of rotatable bonds is 5. The molecule has 34 heavy (non-hydrogen) atoms. The van der Waals surface area contributed by atoms with Gasteiger partial charge in [0.15, 0.2) is 0 Å². The van der Waals surface area contributed by atoms with Crippen molar-refractivity contribution in [1.29, 1.82) is 0 Å². The second kappa shape index (κ2) is 9.33. The van der Waals surface area contributed by atoms with Crippen molar-refractivity contribution in [3.63, 3.8) is 0 Å². The van der Waals surface area contributed by atoms with Crippen LogP contribution in [0.25, 0.3) is 0 Å². The zero-order valence-corrected chi connectivity index (χ0v) is 19.3. The summed E-state index contributed by atoms with van der Waals surface area (Å²) < 4.78 is 5.54. The largest absolute Gasteiger partial charge is 0.494 e. The number of carbonyl (C=O) groups excluding carboxylic acids is 3. The number of fused-ring (bicyclic) bond motifs is 1. The second-order valence-electron chi connectivity index (χ2n) is 9.01. The average molecular weight is 460 g/mol. The Morgan fingerprint density at radius 3 is 2.59 bits per heavy atom. The fraction of sp³-hybridized carbons (Fsp3) is 0.370. The van der Waals surface area contributed by atoms with Crippen molar-refractivity contribution in [1.82, 2.24) is 10.3 Å². The first-order chi connectivity index (χ1) is 16.6. The smallest absolute Gasteiger partial charge is 0.254 e. The van der Waals surface area contributed by atoms with Crippen molar-refractivity contribution in [3.8, 4) is 5.75 Å². The van der Waals surface area contributed by atoms with Crippen LogP contribution in [0.15, 0.2) is 60.7 Å². The van der Waals surface area contributed by atoms with Crippen molar-refractivity contribution in [2.45, 2.75) is 38.6 Å². The molecule has 2 aromatic rings. The van der Waals surface area contributed by atoms with E-state index in [9.17, 15) is 14.4 Å². The molecular formula is C27H29N3O4. The Labute approximate surface area is 199 Å². The van der Waals surface area contributed by atoms with E-state index in [2.05, 4.69) is 5.43 Å². The quantitative estimate of drug-likeness (QED) is 0.685. The van der Waals surface area contributed by atoms with Crippen LogP contribution in [-0.4, -0.2) is 35.8 Å². The summed E-state index contributed by atoms with van der Waals surface area (Å²) in [5.74, 6) is -0.224. The van der Waals surface area contributed by atoms with Crippen LogP contribution in [-0.2, 0) is 9.59 Å². The Kier molecular flexibility index (Phi) is 6.09. The Morgan fingerprint density at radius 1 is 1.06 bits per heavy atom. The van der Waals surface area contributed by atoms with Gasteiger partial charge in [0.2, 0.25) is 11.8 Å². The number of likely N-dealkylation sites (tertiary alicyclic amines) is 1. The zero-order chi connectivity index (χ0) is 23.7. The van der Waals surface area contributed by atoms with Gasteiger partial charge in [0.05, 0.1) is 30.2 Å². The number of nitrogens with zero attached hydrogens (tertiary/aromatic N) is 2. The third-order valence-electron chi connectivity index (χ3n) is 6.97. The SMILES string of the molecule is CCOc1ccc(C2CCCN2C(=O)c2cccc(N3NC(=O)C4CC=CCC4C3=O)c2)cc1. The van der Waals surface area contributed by atoms with Crippen LogP contribution in [0.1, 0.15) is 54.6 Å². The maximum absolute atomic E-state index is 13.5. The molecule has 1 aliphatic carbocycles. The molecule has 2 aromatic carbocycles. The number of allylic oxidation sites excluding steroid dienone is 2. The Bertz CT molecular complexity index is 1130. The molecule has 3 unspecified atom stereocenters. The molecule has 2 fully saturated rings. The number of anilines is 1. The van der Waals surface area contributed by atoms with Crippen LogP contribution in [0.2, 0.25) is 0 Å². The molecule has 2 aliphatic heterocycles. The fourth-order valence-corrected chi connectivity index (χ4v) is 5.24. The lowest BCUT2D eigenvalue weighted by Crippen LogP contribution is -2.59. The topological polar surface area (TPSA) is 79.0 Å². The van der Waals surface area contributed by atoms with E-state index in [1.807, 2.05) is 48.2 Å². The Morgan fingerprint density at radius 2 is 1.82 bits per heavy atom. The molecule has 7 nitrogen and oxygen atoms in total. The van der Waals surface area contributed by atoms with E-state index in [1.165, 1.54) is 5.01 Å². The number of hydrazine groups is 1. The van der Waals surface area contributed by atoms with Crippen molar-refractivity contribution in [2.75, 3.05) is 18.2 Å². The first-order valence-corrected chi connectivity index (χ1v) is 12.0. The lowest BCUT2D eigenvalue weighted by molar-refractivity contribution is -0.139. The van der Waals surface area contributed by atoms with Crippen LogP contribution in [0, 0.1) is 11.8 Å². The number of ether oxygens (including phenoxy) is 1. The first kappa shape index (κ1) is 22.2. The molecule has 176 valence electrons. The molecular weight excluding hydrogens is 430 g/mol. The van der Waals surface area contributed by atoms with E-state index in [0.717, 1.165) is 24.2 Å². The molecule has 0 spiro atoms. The van der Waals surface area contributed by atoms with Gasteiger partial charge in [-0.05, 0) is 68.5 Å². The minimum absolute atomic E-state index is 0.00191. The van der Waals surface area contributed by atoms with Crippen LogP contribution in [0.3, 0.4) is 0 Å². The summed E-state index contributed by atoms with van der Waals surface area (Å²) in [7, 11) is 0. The molecule has 3 aliphatic rings. The van der Waals surface area contributed by atoms with Crippen molar-refractivity contribution in [2.24, 2.45) is 11.8 Å². The molecule has 5 rings (SSSR count). The van der Waals surface area contributed by atoms with Crippen molar-refractivity contribution < 1.29 is 19.1 Å². The van der Waals surface area contributed by atoms with Gasteiger partial charge in [-0.25, -0.2) is 5.01 Å². The van der Waals surface area contributed by atoms with Gasteiger partial charge in [-0.1, -0.05) is 30.4 Å². The predicted molar refractivity (Wildman–Crippen MR) is 128 cm³/mol. The van der Waals surface area contributed by atoms with Crippen LogP contribution >= 0.6 is 0 Å². The molecule has 2 heterocycles. The molecule has 0 aromatic heterocycles. The molecule has 3 amide bonds. The van der Waals surface area contributed by atoms with E-state index in [0.29, 0.717) is 37.2 Å². The third-order valence-corrected chi connectivity index (χ3v) is 6.97. The maximum atomic E-state index is 13.5. The molecule has 0 radical (unpaired) electrons. The highest BCUT2D eigenvalue weighted by atomic mass is 16.5. The van der Waals surface area contributed by atoms with Gasteiger partial charge >= 0.3 is 0 Å². The number of carbonyl (C=O) groups is 3. The Balaban J connectivity index is 1.36. The van der Waals surface area contributed by atoms with Crippen molar-refractivity contribution >= 4 is 23.4 Å². The Hall–Kier alpha value is -3.61. The van der Waals surface area contributed by atoms with Crippen LogP contribution in [0.5, 0.6) is 5.75 Å². The van der Waals surface area contributed by atoms with Gasteiger partial charge in [-0.2, -0.15) is 0 Å². The normalized spacial score (nSPS) is 24.1. The predicted octanol–water partition coefficient (Wildman–Crippen LogP) is 4.02. The monoisotopic (exact) mass is 459 g/mol. The van der Waals surface area contributed by atoms with Crippen LogP contribution < -0.4 is 15.2 Å². The highest BCUT2D eigenvalue weighted by molar-refractivity contribution is 6.05. The number of hydrogen-bond donors (Lipinski definition) is 1. The summed E-state index contributed by atoms with van der Waals surface area (Å²) in [4.78, 5) is 41.2. The van der Waals surface area contributed by atoms with E-state index < -0.39 is 0 Å². The average Bonchev–Trinajstić information content (AvgIpc) is 3.36. The first-order valence-electron chi connectivity index (χ1n) is 12.0. The van der Waals surface area contributed by atoms with E-state index in [4.69, 9.17) is 4.74 Å². The number of benzene rings is 2. The van der Waals surface area contributed by atoms with Gasteiger partial charge < -0.3 is 9.64 Å². The van der Waals surface area contributed by atoms with Crippen LogP contribution in [0.4, 0.5) is 5.69 Å². The lowest BCUT2D eigenvalue weighted by atomic mass is 9.80. The minimum Gasteiger partial charge on any atom is -0.494 e. The highest BCUT2D eigenvalue weighted by Crippen LogP contribution is 2.35. The van der Waals surface area contributed by atoms with Gasteiger partial charge in [0, 0.05) is 12.1 Å². The summed E-state index contributed by atoms with van der Waals surface area (Å²) in [6, 6.07) is 14.9. The summed E-state index contributed by atoms with van der Waals surface area (Å²) in [5, 5.41) is 1.31. The molecule has 7 heteroatoms. The fourth-order valence-electron chi connectivity index (χ4n) is 5.24. The van der Waals surface area contributed by atoms with Gasteiger partial charge in [-0.15, -0.1) is 0 Å². The third kappa shape index (κ3) is 4.06. The minimum atomic E-state index is -0.360. The van der Waals surface area contributed by atoms with Gasteiger partial charge in [0.25, 0.3) is 5.91 Å². The molecule has 1 N–H and O–H groups in total. The number of amides is 3. The summed E-state index contributed by atoms with van der Waals surface area (Å²) in [6.45, 7) is 3.24. The van der Waals surface area contributed by atoms with Gasteiger partial charge in [0.1, 0.15) is 5.75 Å². The van der Waals surface area contributed by atoms with Crippen molar-refractivity contribution in [3.05, 3.63) is 71.8 Å². The van der Waals surface area contributed by atoms with E-state index >= 15 is 0 Å². The summed E-state index contributed by atoms with van der Waals surface area (Å²) in [6.07, 6.45) is 6.89. The lowest BCUT2D eigenvalue weighted by Gasteiger charge is -2.38. The maximum Gasteiger partial charge on any atom is 0.254 e. The zero-order valence-electron chi connectivity index (χ0n) is 19.3. The van der Waals surface area contributed by atoms with E-state index in [1.54, 1.807) is 24.3 Å².